The third-order valence-corrected chi connectivity index (χ3v) is 1.70. The Balaban J connectivity index is 4.46. The summed E-state index contributed by atoms with van der Waals surface area (Å²) in [5.74, 6) is -3.70. The molecule has 0 aromatic rings. The number of carboxylic acid groups (broad SMARTS) is 2. The minimum Gasteiger partial charge on any atom is -0.550 e. The van der Waals surface area contributed by atoms with Crippen LogP contribution in [0.2, 0.25) is 0 Å². The van der Waals surface area contributed by atoms with Crippen LogP contribution in [0.15, 0.2) is 0 Å². The van der Waals surface area contributed by atoms with Crippen LogP contribution < -0.4 is 10.2 Å². The quantitative estimate of drug-likeness (QED) is 0.521. The highest BCUT2D eigenvalue weighted by Crippen LogP contribution is 2.27. The highest BCUT2D eigenvalue weighted by atomic mass is 16.4. The first-order chi connectivity index (χ1) is 5.25. The van der Waals surface area contributed by atoms with Crippen molar-refractivity contribution in [3.05, 3.63) is 0 Å². The zero-order chi connectivity index (χ0) is 9.94. The summed E-state index contributed by atoms with van der Waals surface area (Å²) < 4.78 is 0. The maximum Gasteiger partial charge on any atom is 0.0454 e. The number of aliphatic carboxylic acids is 2. The van der Waals surface area contributed by atoms with E-state index in [4.69, 9.17) is 0 Å². The monoisotopic (exact) mass is 172 g/mol. The number of hydrogen-bond donors (Lipinski definition) is 0. The van der Waals surface area contributed by atoms with Crippen molar-refractivity contribution in [3.8, 4) is 0 Å². The topological polar surface area (TPSA) is 80.3 Å². The first-order valence-electron chi connectivity index (χ1n) is 3.66. The molecule has 0 bridgehead atoms. The van der Waals surface area contributed by atoms with Crippen LogP contribution in [-0.4, -0.2) is 11.9 Å². The molecule has 0 aliphatic heterocycles. The van der Waals surface area contributed by atoms with Gasteiger partial charge in [-0.25, -0.2) is 0 Å². The Morgan fingerprint density at radius 2 is 1.67 bits per heavy atom. The van der Waals surface area contributed by atoms with Crippen LogP contribution in [-0.2, 0) is 9.59 Å². The molecule has 1 atom stereocenters. The molecular formula is C8H12O4-2. The Bertz CT molecular complexity index is 190. The maximum absolute atomic E-state index is 10.5. The van der Waals surface area contributed by atoms with Crippen molar-refractivity contribution in [1.29, 1.82) is 0 Å². The predicted molar refractivity (Wildman–Crippen MR) is 37.6 cm³/mol. The van der Waals surface area contributed by atoms with E-state index >= 15 is 0 Å². The van der Waals surface area contributed by atoms with E-state index in [0.29, 0.717) is 0 Å². The maximum atomic E-state index is 10.5. The summed E-state index contributed by atoms with van der Waals surface area (Å²) in [6.07, 6.45) is -0.494. The van der Waals surface area contributed by atoms with E-state index in [1.165, 1.54) is 0 Å². The van der Waals surface area contributed by atoms with Crippen molar-refractivity contribution in [3.63, 3.8) is 0 Å². The molecule has 0 aliphatic rings. The fourth-order valence-electron chi connectivity index (χ4n) is 0.910. The standard InChI is InChI=1S/C8H14O4/c1-8(2,3)5(7(11)12)4-6(9)10/h5H,4H2,1-3H3,(H,9,10)(H,11,12)/p-2. The molecule has 0 amide bonds. The van der Waals surface area contributed by atoms with Crippen LogP contribution in [0.4, 0.5) is 0 Å². The van der Waals surface area contributed by atoms with Gasteiger partial charge in [-0.05, 0) is 11.8 Å². The van der Waals surface area contributed by atoms with Gasteiger partial charge in [0.1, 0.15) is 0 Å². The van der Waals surface area contributed by atoms with Gasteiger partial charge >= 0.3 is 0 Å². The Labute approximate surface area is 71.2 Å². The summed E-state index contributed by atoms with van der Waals surface area (Å²) in [6.45, 7) is 4.95. The Hall–Kier alpha value is -1.06. The molecule has 4 heteroatoms. The lowest BCUT2D eigenvalue weighted by Crippen LogP contribution is -2.42. The number of rotatable bonds is 3. The van der Waals surface area contributed by atoms with Gasteiger partial charge in [0.15, 0.2) is 0 Å². The molecule has 0 heterocycles. The second kappa shape index (κ2) is 3.56. The third-order valence-electron chi connectivity index (χ3n) is 1.70. The van der Waals surface area contributed by atoms with E-state index in [0.717, 1.165) is 0 Å². The first kappa shape index (κ1) is 10.9. The SMILES string of the molecule is CC(C)(C)C(CC(=O)[O-])C(=O)[O-]. The largest absolute Gasteiger partial charge is 0.550 e. The Kier molecular flexibility index (Phi) is 3.24. The van der Waals surface area contributed by atoms with Crippen LogP contribution in [0.3, 0.4) is 0 Å². The van der Waals surface area contributed by atoms with Gasteiger partial charge in [-0.2, -0.15) is 0 Å². The van der Waals surface area contributed by atoms with Gasteiger partial charge in [-0.1, -0.05) is 20.8 Å². The second-order valence-corrected chi connectivity index (χ2v) is 3.81. The first-order valence-corrected chi connectivity index (χ1v) is 3.66. The van der Waals surface area contributed by atoms with Gasteiger partial charge in [0.05, 0.1) is 0 Å². The molecule has 0 fully saturated rings. The van der Waals surface area contributed by atoms with E-state index in [9.17, 15) is 19.8 Å². The molecule has 0 saturated carbocycles. The highest BCUT2D eigenvalue weighted by molar-refractivity contribution is 5.76. The van der Waals surface area contributed by atoms with Crippen LogP contribution in [0, 0.1) is 11.3 Å². The lowest BCUT2D eigenvalue weighted by molar-refractivity contribution is -0.324. The van der Waals surface area contributed by atoms with Crippen LogP contribution in [0.25, 0.3) is 0 Å². The van der Waals surface area contributed by atoms with Crippen LogP contribution >= 0.6 is 0 Å². The van der Waals surface area contributed by atoms with E-state index < -0.39 is 29.7 Å². The van der Waals surface area contributed by atoms with E-state index in [1.807, 2.05) is 0 Å². The summed E-state index contributed by atoms with van der Waals surface area (Å²) in [7, 11) is 0. The molecule has 4 nitrogen and oxygen atoms in total. The Morgan fingerprint density at radius 1 is 1.25 bits per heavy atom. The number of hydrogen-bond acceptors (Lipinski definition) is 4. The van der Waals surface area contributed by atoms with Crippen molar-refractivity contribution in [2.75, 3.05) is 0 Å². The molecule has 0 rings (SSSR count). The smallest absolute Gasteiger partial charge is 0.0454 e. The predicted octanol–water partition coefficient (Wildman–Crippen LogP) is -1.46. The molecule has 1 unspecified atom stereocenters. The summed E-state index contributed by atoms with van der Waals surface area (Å²) in [5, 5.41) is 20.6. The molecule has 0 aromatic carbocycles. The molecule has 70 valence electrons. The highest BCUT2D eigenvalue weighted by Gasteiger charge is 2.25. The van der Waals surface area contributed by atoms with Gasteiger partial charge in [0.25, 0.3) is 0 Å². The minimum absolute atomic E-state index is 0.494. The van der Waals surface area contributed by atoms with Crippen molar-refractivity contribution in [2.24, 2.45) is 11.3 Å². The molecule has 0 spiro atoms. The molecular weight excluding hydrogens is 160 g/mol. The van der Waals surface area contributed by atoms with Crippen molar-refractivity contribution >= 4 is 11.9 Å². The number of carbonyl (C=O) groups excluding carboxylic acids is 2. The van der Waals surface area contributed by atoms with Gasteiger partial charge in [-0.3, -0.25) is 0 Å². The lowest BCUT2D eigenvalue weighted by atomic mass is 9.79. The number of carboxylic acids is 2. The zero-order valence-corrected chi connectivity index (χ0v) is 7.42. The summed E-state index contributed by atoms with van der Waals surface area (Å²) in [4.78, 5) is 20.6. The molecule has 0 aromatic heterocycles. The van der Waals surface area contributed by atoms with Crippen LogP contribution in [0.1, 0.15) is 27.2 Å². The summed E-state index contributed by atoms with van der Waals surface area (Å²) >= 11 is 0. The zero-order valence-electron chi connectivity index (χ0n) is 7.42. The molecule has 0 radical (unpaired) electrons. The fourth-order valence-corrected chi connectivity index (χ4v) is 0.910. The summed E-state index contributed by atoms with van der Waals surface area (Å²) in [6, 6.07) is 0. The Morgan fingerprint density at radius 3 is 1.75 bits per heavy atom. The van der Waals surface area contributed by atoms with Crippen molar-refractivity contribution in [1.82, 2.24) is 0 Å². The lowest BCUT2D eigenvalue weighted by Gasteiger charge is -2.31. The fraction of sp³-hybridized carbons (Fsp3) is 0.750. The summed E-state index contributed by atoms with van der Waals surface area (Å²) in [5.41, 5.74) is -0.612. The molecule has 0 N–H and O–H groups in total. The van der Waals surface area contributed by atoms with E-state index in [-0.39, 0.29) is 0 Å². The second-order valence-electron chi connectivity index (χ2n) is 3.81. The molecule has 12 heavy (non-hydrogen) atoms. The normalized spacial score (nSPS) is 13.9. The van der Waals surface area contributed by atoms with Crippen molar-refractivity contribution < 1.29 is 19.8 Å². The van der Waals surface area contributed by atoms with E-state index in [1.54, 1.807) is 20.8 Å². The van der Waals surface area contributed by atoms with Crippen molar-refractivity contribution in [2.45, 2.75) is 27.2 Å². The molecule has 0 saturated heterocycles. The van der Waals surface area contributed by atoms with Gasteiger partial charge in [0, 0.05) is 17.9 Å². The average molecular weight is 172 g/mol. The van der Waals surface area contributed by atoms with Gasteiger partial charge < -0.3 is 19.8 Å². The van der Waals surface area contributed by atoms with Gasteiger partial charge in [-0.15, -0.1) is 0 Å². The van der Waals surface area contributed by atoms with E-state index in [2.05, 4.69) is 0 Å². The van der Waals surface area contributed by atoms with Crippen LogP contribution in [0.5, 0.6) is 0 Å². The molecule has 0 aliphatic carbocycles. The average Bonchev–Trinajstić information content (AvgIpc) is 1.79. The van der Waals surface area contributed by atoms with Gasteiger partial charge in [0.2, 0.25) is 0 Å². The third kappa shape index (κ3) is 3.37. The minimum atomic E-state index is -1.36. The number of carbonyl (C=O) groups is 2.